The Labute approximate surface area is 139 Å². The van der Waals surface area contributed by atoms with Gasteiger partial charge >= 0.3 is 0 Å². The summed E-state index contributed by atoms with van der Waals surface area (Å²) in [4.78, 5) is 10.1. The molecule has 0 radical (unpaired) electrons. The van der Waals surface area contributed by atoms with Gasteiger partial charge in [0.05, 0.1) is 12.0 Å². The number of furan rings is 1. The van der Waals surface area contributed by atoms with Crippen molar-refractivity contribution >= 4 is 27.4 Å². The van der Waals surface area contributed by atoms with E-state index in [-0.39, 0.29) is 6.04 Å². The van der Waals surface area contributed by atoms with E-state index < -0.39 is 0 Å². The van der Waals surface area contributed by atoms with Crippen LogP contribution in [0.15, 0.2) is 21.9 Å². The highest BCUT2D eigenvalue weighted by molar-refractivity contribution is 7.17. The van der Waals surface area contributed by atoms with Crippen molar-refractivity contribution < 1.29 is 9.15 Å². The summed E-state index contributed by atoms with van der Waals surface area (Å²) >= 11 is 1.64. The molecule has 0 bridgehead atoms. The van der Waals surface area contributed by atoms with Crippen LogP contribution in [0, 0.1) is 13.8 Å². The van der Waals surface area contributed by atoms with Gasteiger partial charge in [-0.25, -0.2) is 9.97 Å². The van der Waals surface area contributed by atoms with Crippen LogP contribution in [0.4, 0.5) is 5.82 Å². The molecule has 0 aromatic carbocycles. The minimum absolute atomic E-state index is 0.0860. The van der Waals surface area contributed by atoms with E-state index in [1.165, 1.54) is 5.56 Å². The molecule has 1 N–H and O–H groups in total. The van der Waals surface area contributed by atoms with Crippen LogP contribution < -0.4 is 5.32 Å². The Morgan fingerprint density at radius 1 is 1.30 bits per heavy atom. The molecule has 3 heterocycles. The number of anilines is 1. The molecule has 1 atom stereocenters. The van der Waals surface area contributed by atoms with Crippen molar-refractivity contribution in [1.29, 1.82) is 0 Å². The van der Waals surface area contributed by atoms with Crippen molar-refractivity contribution in [2.45, 2.75) is 33.2 Å². The molecule has 1 unspecified atom stereocenters. The van der Waals surface area contributed by atoms with Crippen LogP contribution in [0.25, 0.3) is 10.2 Å². The van der Waals surface area contributed by atoms with Gasteiger partial charge < -0.3 is 14.5 Å². The molecule has 0 aliphatic carbocycles. The van der Waals surface area contributed by atoms with E-state index in [1.54, 1.807) is 18.4 Å². The van der Waals surface area contributed by atoms with E-state index in [2.05, 4.69) is 34.5 Å². The van der Waals surface area contributed by atoms with E-state index in [9.17, 15) is 0 Å². The van der Waals surface area contributed by atoms with Crippen molar-refractivity contribution in [3.63, 3.8) is 0 Å². The highest BCUT2D eigenvalue weighted by Gasteiger charge is 2.19. The quantitative estimate of drug-likeness (QED) is 0.731. The van der Waals surface area contributed by atoms with Gasteiger partial charge in [0.1, 0.15) is 34.0 Å². The Morgan fingerprint density at radius 3 is 2.83 bits per heavy atom. The summed E-state index contributed by atoms with van der Waals surface area (Å²) in [5.41, 5.74) is 1.18. The third-order valence-electron chi connectivity index (χ3n) is 3.75. The lowest BCUT2D eigenvalue weighted by atomic mass is 10.2. The van der Waals surface area contributed by atoms with Gasteiger partial charge in [0, 0.05) is 13.5 Å². The number of methoxy groups -OCH3 is 1. The summed E-state index contributed by atoms with van der Waals surface area (Å²) < 4.78 is 11.3. The number of ether oxygens (including phenoxy) is 1. The lowest BCUT2D eigenvalue weighted by Gasteiger charge is -2.17. The lowest BCUT2D eigenvalue weighted by Crippen LogP contribution is -2.17. The Hall–Kier alpha value is -1.92. The zero-order valence-electron chi connectivity index (χ0n) is 13.8. The predicted octanol–water partition coefficient (Wildman–Crippen LogP) is 4.26. The Kier molecular flexibility index (Phi) is 4.63. The van der Waals surface area contributed by atoms with Crippen LogP contribution in [0.3, 0.4) is 0 Å². The summed E-state index contributed by atoms with van der Waals surface area (Å²) in [5, 5.41) is 6.66. The van der Waals surface area contributed by atoms with Crippen LogP contribution in [0.2, 0.25) is 0 Å². The third kappa shape index (κ3) is 3.23. The zero-order valence-corrected chi connectivity index (χ0v) is 14.7. The summed E-state index contributed by atoms with van der Waals surface area (Å²) in [6, 6.07) is 3.93. The molecule has 6 heteroatoms. The lowest BCUT2D eigenvalue weighted by molar-refractivity contribution is 0.178. The van der Waals surface area contributed by atoms with Gasteiger partial charge in [-0.3, -0.25) is 0 Å². The van der Waals surface area contributed by atoms with E-state index in [1.807, 2.05) is 19.1 Å². The fourth-order valence-electron chi connectivity index (χ4n) is 2.59. The molecule has 0 aliphatic heterocycles. The Balaban J connectivity index is 1.98. The molecule has 0 fully saturated rings. The Morgan fingerprint density at radius 2 is 2.13 bits per heavy atom. The first-order valence-corrected chi connectivity index (χ1v) is 8.56. The predicted molar refractivity (Wildman–Crippen MR) is 93.2 cm³/mol. The summed E-state index contributed by atoms with van der Waals surface area (Å²) in [7, 11) is 1.69. The van der Waals surface area contributed by atoms with Gasteiger partial charge in [-0.15, -0.1) is 11.3 Å². The first kappa shape index (κ1) is 16.0. The number of aromatic nitrogens is 2. The second-order valence-electron chi connectivity index (χ2n) is 5.53. The van der Waals surface area contributed by atoms with Crippen LogP contribution in [0.1, 0.15) is 35.9 Å². The van der Waals surface area contributed by atoms with Crippen molar-refractivity contribution in [3.05, 3.63) is 40.4 Å². The first-order valence-electron chi connectivity index (χ1n) is 7.69. The molecule has 122 valence electrons. The van der Waals surface area contributed by atoms with Gasteiger partial charge in [0.25, 0.3) is 0 Å². The van der Waals surface area contributed by atoms with Gasteiger partial charge in [-0.2, -0.15) is 0 Å². The molecule has 0 spiro atoms. The molecule has 0 amide bonds. The summed E-state index contributed by atoms with van der Waals surface area (Å²) in [6.07, 6.45) is 0.875. The summed E-state index contributed by atoms with van der Waals surface area (Å²) in [6.45, 7) is 6.57. The molecule has 0 saturated heterocycles. The standard InChI is InChI=1S/C17H21N3O2S/c1-5-12-6-7-14(22-12)13(8-21-4)20-16-15-10(2)9-23-17(15)19-11(3)18-16/h6-7,9,13H,5,8H2,1-4H3,(H,18,19,20). The van der Waals surface area contributed by atoms with Crippen LogP contribution >= 0.6 is 11.3 Å². The average molecular weight is 331 g/mol. The van der Waals surface area contributed by atoms with Crippen molar-refractivity contribution in [1.82, 2.24) is 9.97 Å². The molecule has 3 aromatic heterocycles. The number of thiophene rings is 1. The number of hydrogen-bond donors (Lipinski definition) is 1. The van der Waals surface area contributed by atoms with Gasteiger partial charge in [0.15, 0.2) is 0 Å². The SMILES string of the molecule is CCc1ccc(C(COC)Nc2nc(C)nc3scc(C)c23)o1. The van der Waals surface area contributed by atoms with Gasteiger partial charge in [-0.1, -0.05) is 6.92 Å². The number of nitrogens with one attached hydrogen (secondary N) is 1. The van der Waals surface area contributed by atoms with E-state index in [0.717, 1.165) is 39.8 Å². The maximum Gasteiger partial charge on any atom is 0.139 e. The zero-order chi connectivity index (χ0) is 16.4. The fraction of sp³-hybridized carbons (Fsp3) is 0.412. The van der Waals surface area contributed by atoms with Crippen LogP contribution in [-0.4, -0.2) is 23.7 Å². The van der Waals surface area contributed by atoms with E-state index in [4.69, 9.17) is 9.15 Å². The van der Waals surface area contributed by atoms with Crippen molar-refractivity contribution in [3.8, 4) is 0 Å². The molecule has 3 aromatic rings. The largest absolute Gasteiger partial charge is 0.464 e. The molecule has 3 rings (SSSR count). The minimum Gasteiger partial charge on any atom is -0.464 e. The molecular formula is C17H21N3O2S. The molecule has 5 nitrogen and oxygen atoms in total. The maximum absolute atomic E-state index is 5.89. The average Bonchev–Trinajstić information content (AvgIpc) is 3.14. The first-order chi connectivity index (χ1) is 11.1. The number of rotatable bonds is 6. The second-order valence-corrected chi connectivity index (χ2v) is 6.39. The van der Waals surface area contributed by atoms with Gasteiger partial charge in [0.2, 0.25) is 0 Å². The number of aryl methyl sites for hydroxylation is 3. The van der Waals surface area contributed by atoms with Crippen molar-refractivity contribution in [2.24, 2.45) is 0 Å². The number of hydrogen-bond acceptors (Lipinski definition) is 6. The maximum atomic E-state index is 5.89. The normalized spacial score (nSPS) is 12.7. The second kappa shape index (κ2) is 6.68. The number of fused-ring (bicyclic) bond motifs is 1. The third-order valence-corrected chi connectivity index (χ3v) is 4.74. The highest BCUT2D eigenvalue weighted by atomic mass is 32.1. The van der Waals surface area contributed by atoms with Crippen LogP contribution in [0.5, 0.6) is 0 Å². The van der Waals surface area contributed by atoms with Crippen molar-refractivity contribution in [2.75, 3.05) is 19.0 Å². The molecular weight excluding hydrogens is 310 g/mol. The molecule has 0 saturated carbocycles. The molecule has 23 heavy (non-hydrogen) atoms. The van der Waals surface area contributed by atoms with E-state index >= 15 is 0 Å². The minimum atomic E-state index is -0.0860. The smallest absolute Gasteiger partial charge is 0.139 e. The molecule has 0 aliphatic rings. The number of nitrogens with zero attached hydrogens (tertiary/aromatic N) is 2. The summed E-state index contributed by atoms with van der Waals surface area (Å²) in [5.74, 6) is 3.43. The monoisotopic (exact) mass is 331 g/mol. The van der Waals surface area contributed by atoms with Gasteiger partial charge in [-0.05, 0) is 36.9 Å². The van der Waals surface area contributed by atoms with E-state index in [0.29, 0.717) is 6.61 Å². The fourth-order valence-corrected chi connectivity index (χ4v) is 3.56. The van der Waals surface area contributed by atoms with Crippen LogP contribution in [-0.2, 0) is 11.2 Å². The topological polar surface area (TPSA) is 60.2 Å². The Bertz CT molecular complexity index is 809. The highest BCUT2D eigenvalue weighted by Crippen LogP contribution is 2.32.